The van der Waals surface area contributed by atoms with Crippen molar-refractivity contribution in [3.63, 3.8) is 0 Å². The average molecular weight is 359 g/mol. The highest BCUT2D eigenvalue weighted by molar-refractivity contribution is 6.30. The SMILES string of the molecule is O=C(Nc1ccc([N+](=O)[O-])cc1O)c1cc(-c2ccc(Cl)cc2)n[nH]1. The predicted octanol–water partition coefficient (Wildman–Crippen LogP) is 3.60. The van der Waals surface area contributed by atoms with Crippen LogP contribution in [0.2, 0.25) is 5.02 Å². The Morgan fingerprint density at radius 2 is 1.92 bits per heavy atom. The van der Waals surface area contributed by atoms with E-state index >= 15 is 0 Å². The highest BCUT2D eigenvalue weighted by Crippen LogP contribution is 2.28. The summed E-state index contributed by atoms with van der Waals surface area (Å²) in [5.41, 5.74) is 1.27. The number of anilines is 1. The summed E-state index contributed by atoms with van der Waals surface area (Å²) in [6.45, 7) is 0. The van der Waals surface area contributed by atoms with Gasteiger partial charge in [-0.3, -0.25) is 20.0 Å². The Bertz CT molecular complexity index is 953. The van der Waals surface area contributed by atoms with Crippen molar-refractivity contribution >= 4 is 28.9 Å². The van der Waals surface area contributed by atoms with Crippen LogP contribution in [0.4, 0.5) is 11.4 Å². The van der Waals surface area contributed by atoms with E-state index in [-0.39, 0.29) is 17.1 Å². The summed E-state index contributed by atoms with van der Waals surface area (Å²) in [5.74, 6) is -0.947. The fourth-order valence-corrected chi connectivity index (χ4v) is 2.26. The van der Waals surface area contributed by atoms with Crippen molar-refractivity contribution in [2.24, 2.45) is 0 Å². The zero-order valence-electron chi connectivity index (χ0n) is 12.6. The standard InChI is InChI=1S/C16H11ClN4O4/c17-10-3-1-9(2-4-10)13-8-14(20-19-13)16(23)18-12-6-5-11(21(24)25)7-15(12)22/h1-8,22H,(H,18,23)(H,19,20). The Kier molecular flexibility index (Phi) is 4.36. The number of non-ortho nitro benzene ring substituents is 1. The highest BCUT2D eigenvalue weighted by Gasteiger charge is 2.15. The van der Waals surface area contributed by atoms with Gasteiger partial charge < -0.3 is 10.4 Å². The fourth-order valence-electron chi connectivity index (χ4n) is 2.14. The maximum atomic E-state index is 12.2. The second-order valence-electron chi connectivity index (χ2n) is 5.09. The summed E-state index contributed by atoms with van der Waals surface area (Å²) in [6, 6.07) is 11.9. The maximum Gasteiger partial charge on any atom is 0.273 e. The van der Waals surface area contributed by atoms with Gasteiger partial charge in [0.15, 0.2) is 0 Å². The van der Waals surface area contributed by atoms with Gasteiger partial charge in [0.2, 0.25) is 0 Å². The zero-order valence-corrected chi connectivity index (χ0v) is 13.3. The molecule has 1 amide bonds. The number of nitrogens with one attached hydrogen (secondary N) is 2. The van der Waals surface area contributed by atoms with E-state index in [0.29, 0.717) is 10.7 Å². The minimum Gasteiger partial charge on any atom is -0.506 e. The second kappa shape index (κ2) is 6.62. The number of benzene rings is 2. The number of rotatable bonds is 4. The summed E-state index contributed by atoms with van der Waals surface area (Å²) in [6.07, 6.45) is 0. The quantitative estimate of drug-likeness (QED) is 0.374. The van der Waals surface area contributed by atoms with Crippen molar-refractivity contribution in [1.29, 1.82) is 0 Å². The molecule has 0 unspecified atom stereocenters. The summed E-state index contributed by atoms with van der Waals surface area (Å²) < 4.78 is 0. The molecule has 0 fully saturated rings. The Labute approximate surface area is 146 Å². The second-order valence-corrected chi connectivity index (χ2v) is 5.52. The molecule has 126 valence electrons. The number of hydrogen-bond acceptors (Lipinski definition) is 5. The third-order valence-electron chi connectivity index (χ3n) is 3.40. The molecule has 0 aliphatic carbocycles. The fraction of sp³-hybridized carbons (Fsp3) is 0. The summed E-state index contributed by atoms with van der Waals surface area (Å²) in [5, 5.41) is 30.2. The number of aromatic hydroxyl groups is 1. The van der Waals surface area contributed by atoms with E-state index in [1.54, 1.807) is 30.3 Å². The number of carbonyl (C=O) groups is 1. The molecule has 3 rings (SSSR count). The number of amides is 1. The Morgan fingerprint density at radius 3 is 2.56 bits per heavy atom. The number of phenols is 1. The lowest BCUT2D eigenvalue weighted by atomic mass is 10.1. The third kappa shape index (κ3) is 3.59. The van der Waals surface area contributed by atoms with E-state index < -0.39 is 16.6 Å². The molecule has 3 aromatic rings. The number of aromatic nitrogens is 2. The summed E-state index contributed by atoms with van der Waals surface area (Å²) >= 11 is 5.83. The summed E-state index contributed by atoms with van der Waals surface area (Å²) in [4.78, 5) is 22.2. The van der Waals surface area contributed by atoms with Gasteiger partial charge in [0, 0.05) is 16.7 Å². The average Bonchev–Trinajstić information content (AvgIpc) is 3.07. The molecule has 1 aromatic heterocycles. The normalized spacial score (nSPS) is 10.4. The van der Waals surface area contributed by atoms with E-state index in [1.165, 1.54) is 12.1 Å². The molecule has 25 heavy (non-hydrogen) atoms. The van der Waals surface area contributed by atoms with Gasteiger partial charge in [0.05, 0.1) is 22.4 Å². The van der Waals surface area contributed by atoms with Crippen LogP contribution in [0.3, 0.4) is 0 Å². The third-order valence-corrected chi connectivity index (χ3v) is 3.65. The molecule has 9 heteroatoms. The Hall–Kier alpha value is -3.39. The van der Waals surface area contributed by atoms with Crippen LogP contribution < -0.4 is 5.32 Å². The minimum absolute atomic E-state index is 0.0539. The van der Waals surface area contributed by atoms with E-state index in [1.807, 2.05) is 0 Å². The van der Waals surface area contributed by atoms with Gasteiger partial charge in [-0.15, -0.1) is 0 Å². The predicted molar refractivity (Wildman–Crippen MR) is 91.7 cm³/mol. The van der Waals surface area contributed by atoms with E-state index in [4.69, 9.17) is 11.6 Å². The van der Waals surface area contributed by atoms with Crippen molar-refractivity contribution in [3.8, 4) is 17.0 Å². The molecular weight excluding hydrogens is 348 g/mol. The van der Waals surface area contributed by atoms with Crippen molar-refractivity contribution < 1.29 is 14.8 Å². The van der Waals surface area contributed by atoms with Crippen LogP contribution in [0, 0.1) is 10.1 Å². The van der Waals surface area contributed by atoms with E-state index in [2.05, 4.69) is 15.5 Å². The van der Waals surface area contributed by atoms with Crippen LogP contribution in [0.25, 0.3) is 11.3 Å². The molecule has 0 aliphatic rings. The first-order valence-electron chi connectivity index (χ1n) is 7.04. The molecular formula is C16H11ClN4O4. The van der Waals surface area contributed by atoms with Gasteiger partial charge in [-0.2, -0.15) is 5.10 Å². The van der Waals surface area contributed by atoms with Crippen LogP contribution >= 0.6 is 11.6 Å². The number of nitro benzene ring substituents is 1. The molecule has 8 nitrogen and oxygen atoms in total. The number of H-pyrrole nitrogens is 1. The van der Waals surface area contributed by atoms with Crippen LogP contribution in [0.1, 0.15) is 10.5 Å². The Morgan fingerprint density at radius 1 is 1.20 bits per heavy atom. The number of phenolic OH excluding ortho intramolecular Hbond substituents is 1. The topological polar surface area (TPSA) is 121 Å². The molecule has 2 aromatic carbocycles. The smallest absolute Gasteiger partial charge is 0.273 e. The highest BCUT2D eigenvalue weighted by atomic mass is 35.5. The van der Waals surface area contributed by atoms with E-state index in [9.17, 15) is 20.0 Å². The number of nitrogens with zero attached hydrogens (tertiary/aromatic N) is 2. The summed E-state index contributed by atoms with van der Waals surface area (Å²) in [7, 11) is 0. The number of nitro groups is 1. The van der Waals surface area contributed by atoms with Crippen molar-refractivity contribution in [3.05, 3.63) is 69.4 Å². The van der Waals surface area contributed by atoms with Crippen molar-refractivity contribution in [1.82, 2.24) is 10.2 Å². The number of carbonyl (C=O) groups excluding carboxylic acids is 1. The van der Waals surface area contributed by atoms with Gasteiger partial charge >= 0.3 is 0 Å². The molecule has 0 bridgehead atoms. The van der Waals surface area contributed by atoms with E-state index in [0.717, 1.165) is 11.6 Å². The number of halogens is 1. The zero-order chi connectivity index (χ0) is 18.0. The molecule has 0 saturated heterocycles. The first-order valence-corrected chi connectivity index (χ1v) is 7.42. The van der Waals surface area contributed by atoms with Gasteiger partial charge in [-0.25, -0.2) is 0 Å². The molecule has 0 radical (unpaired) electrons. The molecule has 3 N–H and O–H groups in total. The lowest BCUT2D eigenvalue weighted by Gasteiger charge is -2.05. The lowest BCUT2D eigenvalue weighted by Crippen LogP contribution is -2.12. The van der Waals surface area contributed by atoms with Crippen LogP contribution in [0.5, 0.6) is 5.75 Å². The number of hydrogen-bond donors (Lipinski definition) is 3. The molecule has 0 saturated carbocycles. The maximum absolute atomic E-state index is 12.2. The van der Waals surface area contributed by atoms with Crippen molar-refractivity contribution in [2.75, 3.05) is 5.32 Å². The largest absolute Gasteiger partial charge is 0.506 e. The molecule has 0 atom stereocenters. The monoisotopic (exact) mass is 358 g/mol. The molecule has 1 heterocycles. The minimum atomic E-state index is -0.640. The van der Waals surface area contributed by atoms with Gasteiger partial charge in [-0.1, -0.05) is 23.7 Å². The van der Waals surface area contributed by atoms with Crippen molar-refractivity contribution in [2.45, 2.75) is 0 Å². The Balaban J connectivity index is 1.78. The van der Waals surface area contributed by atoms with Crippen LogP contribution in [-0.4, -0.2) is 26.1 Å². The van der Waals surface area contributed by atoms with Crippen LogP contribution in [-0.2, 0) is 0 Å². The van der Waals surface area contributed by atoms with Gasteiger partial charge in [0.1, 0.15) is 11.4 Å². The lowest BCUT2D eigenvalue weighted by molar-refractivity contribution is -0.384. The van der Waals surface area contributed by atoms with Gasteiger partial charge in [0.25, 0.3) is 11.6 Å². The van der Waals surface area contributed by atoms with Gasteiger partial charge in [-0.05, 0) is 24.3 Å². The first kappa shape index (κ1) is 16.5. The molecule has 0 aliphatic heterocycles. The first-order chi connectivity index (χ1) is 11.9. The number of aromatic amines is 1. The molecule has 0 spiro atoms. The van der Waals surface area contributed by atoms with Crippen LogP contribution in [0.15, 0.2) is 48.5 Å².